The minimum Gasteiger partial charge on any atom is -0.366 e. The largest absolute Gasteiger partial charge is 0.366 e. The molecule has 0 atom stereocenters. The molecule has 0 saturated heterocycles. The molecular formula is C40H48Cl2FN9O. The van der Waals surface area contributed by atoms with Crippen LogP contribution < -0.4 is 16.4 Å². The minimum absolute atomic E-state index is 0. The lowest BCUT2D eigenvalue weighted by molar-refractivity contribution is -0.108. The average molecular weight is 762 g/mol. The van der Waals surface area contributed by atoms with E-state index in [4.69, 9.17) is 40.5 Å². The highest BCUT2D eigenvalue weighted by Crippen LogP contribution is 2.29. The highest BCUT2D eigenvalue weighted by molar-refractivity contribution is 6.31. The van der Waals surface area contributed by atoms with Crippen molar-refractivity contribution < 1.29 is 10.6 Å². The van der Waals surface area contributed by atoms with Crippen LogP contribution in [0, 0.1) is 5.92 Å². The van der Waals surface area contributed by atoms with E-state index >= 15 is 0 Å². The van der Waals surface area contributed by atoms with Crippen molar-refractivity contribution in [2.75, 3.05) is 17.8 Å². The maximum Gasteiger partial charge on any atom is 0.154 e. The van der Waals surface area contributed by atoms with E-state index in [1.54, 1.807) is 0 Å². The number of nitrogens with zero attached hydrogens (tertiary/aromatic N) is 6. The Balaban J connectivity index is 0.000000191. The van der Waals surface area contributed by atoms with Crippen molar-refractivity contribution in [3.63, 3.8) is 0 Å². The molecule has 0 amide bonds. The number of carbonyl (C=O) groups excluding carboxylic acids is 1. The standard InChI is InChI=1S/C20H21ClN4O.C18H20ClN5.CH3F.CH4/c21-16-3-1-2-15(12-16)18-13-22-20-9-8-19(24-25(18)20)23-17-6-4-14(5-7-17)10-11-26;19-13-3-1-2-12(10-13)16-11-21-18-9-8-17(23-24(16)18)22-15-6-4-14(20)5-7-15;1-2;/h1-3,8-9,11-14,17H,4-7,10H2,(H,23,24);1-3,8-11,14-15H,4-7,20H2,(H,22,23);1H3;1H4/i;;1D;. The predicted molar refractivity (Wildman–Crippen MR) is 215 cm³/mol. The van der Waals surface area contributed by atoms with Gasteiger partial charge in [0.1, 0.15) is 17.9 Å². The van der Waals surface area contributed by atoms with Gasteiger partial charge in [0.25, 0.3) is 0 Å². The number of nitrogens with one attached hydrogen (secondary N) is 2. The van der Waals surface area contributed by atoms with Gasteiger partial charge in [-0.15, -0.1) is 10.2 Å². The Hall–Kier alpha value is -4.58. The summed E-state index contributed by atoms with van der Waals surface area (Å²) in [7, 11) is -1.00. The summed E-state index contributed by atoms with van der Waals surface area (Å²) >= 11 is 12.2. The summed E-state index contributed by atoms with van der Waals surface area (Å²) in [5, 5.41) is 17.9. The van der Waals surface area contributed by atoms with Crippen molar-refractivity contribution in [1.29, 1.82) is 0 Å². The van der Waals surface area contributed by atoms with Crippen LogP contribution in [0.3, 0.4) is 0 Å². The maximum atomic E-state index is 10.7. The first-order chi connectivity index (χ1) is 25.8. The lowest BCUT2D eigenvalue weighted by Gasteiger charge is -2.28. The number of anilines is 2. The van der Waals surface area contributed by atoms with Crippen molar-refractivity contribution >= 4 is 52.4 Å². The molecule has 13 heteroatoms. The zero-order valence-electron chi connectivity index (χ0n) is 29.8. The van der Waals surface area contributed by atoms with Crippen LogP contribution in [0.1, 0.15) is 66.6 Å². The zero-order chi connectivity index (χ0) is 37.2. The van der Waals surface area contributed by atoms with E-state index in [0.29, 0.717) is 40.5 Å². The fraction of sp³-hybridized carbons (Fsp3) is 0.375. The number of carbonyl (C=O) groups is 1. The van der Waals surface area contributed by atoms with Crippen molar-refractivity contribution in [1.82, 2.24) is 29.2 Å². The van der Waals surface area contributed by atoms with Crippen LogP contribution in [-0.2, 0) is 4.79 Å². The van der Waals surface area contributed by atoms with Gasteiger partial charge in [-0.05, 0) is 106 Å². The lowest BCUT2D eigenvalue weighted by Crippen LogP contribution is -2.33. The SMILES string of the molecule is C.NC1CCC(Nc2ccc3ncc(-c4cccc(Cl)c4)n3n2)CC1.O=CCC1CCC(Nc2ccc3ncc(-c4cccc(Cl)c4)n3n2)CC1.[2H]CF. The fourth-order valence-corrected chi connectivity index (χ4v) is 7.33. The van der Waals surface area contributed by atoms with Gasteiger partial charge in [0.15, 0.2) is 11.3 Å². The molecule has 2 saturated carbocycles. The van der Waals surface area contributed by atoms with Crippen molar-refractivity contribution in [2.24, 2.45) is 11.7 Å². The van der Waals surface area contributed by atoms with E-state index in [1.165, 1.54) is 0 Å². The van der Waals surface area contributed by atoms with Gasteiger partial charge >= 0.3 is 0 Å². The monoisotopic (exact) mass is 760 g/mol. The number of rotatable bonds is 8. The van der Waals surface area contributed by atoms with Gasteiger partial charge in [-0.25, -0.2) is 19.0 Å². The Morgan fingerprint density at radius 3 is 1.66 bits per heavy atom. The molecule has 0 aliphatic heterocycles. The maximum absolute atomic E-state index is 10.7. The summed E-state index contributed by atoms with van der Waals surface area (Å²) < 4.78 is 19.2. The van der Waals surface area contributed by atoms with E-state index in [0.717, 1.165) is 103 Å². The Morgan fingerprint density at radius 1 is 0.774 bits per heavy atom. The van der Waals surface area contributed by atoms with Crippen molar-refractivity contribution in [2.45, 2.75) is 83.3 Å². The predicted octanol–water partition coefficient (Wildman–Crippen LogP) is 9.56. The van der Waals surface area contributed by atoms with Crippen LogP contribution in [-0.4, -0.2) is 60.8 Å². The second-order valence-electron chi connectivity index (χ2n) is 13.3. The van der Waals surface area contributed by atoms with Crippen molar-refractivity contribution in [3.8, 4) is 22.5 Å². The number of benzene rings is 2. The molecule has 53 heavy (non-hydrogen) atoms. The van der Waals surface area contributed by atoms with Crippen LogP contribution in [0.25, 0.3) is 33.8 Å². The molecule has 0 unspecified atom stereocenters. The highest BCUT2D eigenvalue weighted by atomic mass is 35.5. The molecule has 2 aromatic carbocycles. The Kier molecular flexibility index (Phi) is 13.6. The van der Waals surface area contributed by atoms with E-state index < -0.39 is 7.15 Å². The molecule has 8 rings (SSSR count). The second-order valence-corrected chi connectivity index (χ2v) is 14.2. The first kappa shape index (κ1) is 38.2. The number of aldehydes is 1. The van der Waals surface area contributed by atoms with Gasteiger partial charge in [0.05, 0.1) is 32.3 Å². The summed E-state index contributed by atoms with van der Waals surface area (Å²) in [4.78, 5) is 19.5. The second kappa shape index (κ2) is 19.0. The number of hydrogen-bond donors (Lipinski definition) is 3. The lowest BCUT2D eigenvalue weighted by atomic mass is 9.84. The third-order valence-electron chi connectivity index (χ3n) is 9.72. The number of aromatic nitrogens is 6. The van der Waals surface area contributed by atoms with E-state index in [-0.39, 0.29) is 7.43 Å². The van der Waals surface area contributed by atoms with Gasteiger partial charge in [0.2, 0.25) is 0 Å². The molecule has 0 bridgehead atoms. The average Bonchev–Trinajstić information content (AvgIpc) is 3.78. The number of nitrogens with two attached hydrogens (primary N) is 1. The first-order valence-electron chi connectivity index (χ1n) is 18.3. The molecule has 2 aliphatic rings. The minimum atomic E-state index is -1.00. The molecule has 10 nitrogen and oxygen atoms in total. The van der Waals surface area contributed by atoms with Gasteiger partial charge < -0.3 is 21.2 Å². The Bertz CT molecular complexity index is 2090. The molecule has 280 valence electrons. The summed E-state index contributed by atoms with van der Waals surface area (Å²) in [6, 6.07) is 24.6. The number of fused-ring (bicyclic) bond motifs is 2. The van der Waals surface area contributed by atoms with Crippen LogP contribution >= 0.6 is 23.2 Å². The number of hydrogen-bond acceptors (Lipinski definition) is 8. The number of alkyl halides is 1. The van der Waals surface area contributed by atoms with E-state index in [9.17, 15) is 9.18 Å². The highest BCUT2D eigenvalue weighted by Gasteiger charge is 2.22. The molecule has 4 aromatic heterocycles. The van der Waals surface area contributed by atoms with Gasteiger partial charge in [-0.2, -0.15) is 0 Å². The molecule has 0 spiro atoms. The summed E-state index contributed by atoms with van der Waals surface area (Å²) in [5.74, 6) is 2.26. The van der Waals surface area contributed by atoms with Crippen LogP contribution in [0.5, 0.6) is 0 Å². The topological polar surface area (TPSA) is 128 Å². The molecule has 2 aliphatic carbocycles. The van der Waals surface area contributed by atoms with Gasteiger partial charge in [0, 0.05) is 45.7 Å². The van der Waals surface area contributed by atoms with Gasteiger partial charge in [-0.3, -0.25) is 4.39 Å². The third-order valence-corrected chi connectivity index (χ3v) is 10.2. The number of halogens is 3. The molecule has 4 heterocycles. The van der Waals surface area contributed by atoms with Crippen LogP contribution in [0.4, 0.5) is 16.0 Å². The molecular weight excluding hydrogens is 712 g/mol. The quantitative estimate of drug-likeness (QED) is 0.131. The van der Waals surface area contributed by atoms with Crippen LogP contribution in [0.15, 0.2) is 85.2 Å². The van der Waals surface area contributed by atoms with E-state index in [2.05, 4.69) is 20.6 Å². The first-order valence-corrected chi connectivity index (χ1v) is 18.4. The molecule has 2 fully saturated rings. The third kappa shape index (κ3) is 10.1. The fourth-order valence-electron chi connectivity index (χ4n) is 6.95. The van der Waals surface area contributed by atoms with Crippen LogP contribution in [0.2, 0.25) is 10.0 Å². The zero-order valence-corrected chi connectivity index (χ0v) is 30.4. The summed E-state index contributed by atoms with van der Waals surface area (Å²) in [5.41, 5.74) is 11.4. The summed E-state index contributed by atoms with van der Waals surface area (Å²) in [6.45, 7) is 0. The Labute approximate surface area is 321 Å². The molecule has 0 radical (unpaired) electrons. The van der Waals surface area contributed by atoms with E-state index in [1.807, 2.05) is 94.2 Å². The number of imidazole rings is 2. The molecule has 6 aromatic rings. The normalized spacial score (nSPS) is 19.8. The summed E-state index contributed by atoms with van der Waals surface area (Å²) in [6.07, 6.45) is 14.0. The Morgan fingerprint density at radius 2 is 1.23 bits per heavy atom. The molecule has 4 N–H and O–H groups in total. The smallest absolute Gasteiger partial charge is 0.154 e. The van der Waals surface area contributed by atoms with Crippen molar-refractivity contribution in [3.05, 3.63) is 95.2 Å². The van der Waals surface area contributed by atoms with Gasteiger partial charge in [-0.1, -0.05) is 54.9 Å².